The number of amides is 1. The van der Waals surface area contributed by atoms with Crippen LogP contribution in [-0.4, -0.2) is 18.2 Å². The van der Waals surface area contributed by atoms with Crippen molar-refractivity contribution < 1.29 is 9.59 Å². The third kappa shape index (κ3) is 7.43. The second kappa shape index (κ2) is 8.20. The SMILES string of the molecule is CC(C)(C)CCCNC(=O)CCCC(=O)c1cccs1. The Morgan fingerprint density at radius 1 is 1.20 bits per heavy atom. The summed E-state index contributed by atoms with van der Waals surface area (Å²) in [6.07, 6.45) is 3.62. The van der Waals surface area contributed by atoms with E-state index >= 15 is 0 Å². The van der Waals surface area contributed by atoms with Gasteiger partial charge in [-0.3, -0.25) is 9.59 Å². The Morgan fingerprint density at radius 2 is 1.95 bits per heavy atom. The molecule has 0 aromatic carbocycles. The Balaban J connectivity index is 2.07. The van der Waals surface area contributed by atoms with Gasteiger partial charge in [0.1, 0.15) is 0 Å². The Kier molecular flexibility index (Phi) is 6.93. The minimum Gasteiger partial charge on any atom is -0.356 e. The molecule has 1 rings (SSSR count). The average molecular weight is 295 g/mol. The molecule has 0 unspecified atom stereocenters. The molecule has 1 aromatic rings. The fourth-order valence-electron chi connectivity index (χ4n) is 1.90. The number of rotatable bonds is 8. The number of ketones is 1. The van der Waals surface area contributed by atoms with Crippen LogP contribution in [0.25, 0.3) is 0 Å². The summed E-state index contributed by atoms with van der Waals surface area (Å²) in [5.74, 6) is 0.193. The van der Waals surface area contributed by atoms with Crippen LogP contribution in [-0.2, 0) is 4.79 Å². The fraction of sp³-hybridized carbons (Fsp3) is 0.625. The highest BCUT2D eigenvalue weighted by molar-refractivity contribution is 7.12. The molecule has 0 saturated carbocycles. The van der Waals surface area contributed by atoms with Gasteiger partial charge in [-0.25, -0.2) is 0 Å². The van der Waals surface area contributed by atoms with E-state index in [1.165, 1.54) is 11.3 Å². The maximum Gasteiger partial charge on any atom is 0.220 e. The lowest BCUT2D eigenvalue weighted by atomic mass is 9.91. The summed E-state index contributed by atoms with van der Waals surface area (Å²) in [5, 5.41) is 4.81. The first-order valence-corrected chi connectivity index (χ1v) is 8.10. The van der Waals surface area contributed by atoms with Crippen LogP contribution in [0.5, 0.6) is 0 Å². The molecule has 0 saturated heterocycles. The van der Waals surface area contributed by atoms with Crippen LogP contribution in [0.15, 0.2) is 17.5 Å². The van der Waals surface area contributed by atoms with Crippen molar-refractivity contribution in [3.8, 4) is 0 Å². The first-order valence-electron chi connectivity index (χ1n) is 7.22. The standard InChI is InChI=1S/C16H25NO2S/c1-16(2,3)10-6-11-17-15(19)9-4-7-13(18)14-8-5-12-20-14/h5,8,12H,4,6-7,9-11H2,1-3H3,(H,17,19). The second-order valence-corrected chi connectivity index (χ2v) is 7.22. The van der Waals surface area contributed by atoms with Gasteiger partial charge in [-0.1, -0.05) is 26.8 Å². The minimum absolute atomic E-state index is 0.0536. The second-order valence-electron chi connectivity index (χ2n) is 6.27. The van der Waals surface area contributed by atoms with Gasteiger partial charge < -0.3 is 5.32 Å². The summed E-state index contributed by atoms with van der Waals surface area (Å²) < 4.78 is 0. The summed E-state index contributed by atoms with van der Waals surface area (Å²) >= 11 is 1.46. The molecule has 20 heavy (non-hydrogen) atoms. The highest BCUT2D eigenvalue weighted by Gasteiger charge is 2.10. The van der Waals surface area contributed by atoms with E-state index in [0.29, 0.717) is 24.7 Å². The highest BCUT2D eigenvalue weighted by Crippen LogP contribution is 2.19. The van der Waals surface area contributed by atoms with Gasteiger partial charge in [0.05, 0.1) is 4.88 Å². The van der Waals surface area contributed by atoms with E-state index in [4.69, 9.17) is 0 Å². The van der Waals surface area contributed by atoms with Crippen molar-refractivity contribution in [1.29, 1.82) is 0 Å². The van der Waals surface area contributed by atoms with Crippen molar-refractivity contribution in [2.75, 3.05) is 6.54 Å². The van der Waals surface area contributed by atoms with E-state index in [-0.39, 0.29) is 11.7 Å². The molecule has 0 bridgehead atoms. The molecule has 0 aliphatic heterocycles. The molecule has 0 atom stereocenters. The van der Waals surface area contributed by atoms with Gasteiger partial charge in [0.2, 0.25) is 5.91 Å². The van der Waals surface area contributed by atoms with Crippen LogP contribution in [0, 0.1) is 5.41 Å². The Bertz CT molecular complexity index is 418. The topological polar surface area (TPSA) is 46.2 Å². The van der Waals surface area contributed by atoms with Crippen molar-refractivity contribution >= 4 is 23.0 Å². The molecule has 0 spiro atoms. The lowest BCUT2D eigenvalue weighted by Crippen LogP contribution is -2.25. The van der Waals surface area contributed by atoms with Crippen LogP contribution in [0.4, 0.5) is 0 Å². The maximum atomic E-state index is 11.7. The van der Waals surface area contributed by atoms with E-state index in [1.807, 2.05) is 17.5 Å². The molecule has 4 heteroatoms. The third-order valence-electron chi connectivity index (χ3n) is 3.03. The van der Waals surface area contributed by atoms with Gasteiger partial charge in [-0.2, -0.15) is 0 Å². The normalized spacial score (nSPS) is 11.3. The smallest absolute Gasteiger partial charge is 0.220 e. The molecular formula is C16H25NO2S. The minimum atomic E-state index is 0.0536. The first-order chi connectivity index (χ1) is 9.38. The molecular weight excluding hydrogens is 270 g/mol. The zero-order valence-electron chi connectivity index (χ0n) is 12.7. The molecule has 1 aromatic heterocycles. The third-order valence-corrected chi connectivity index (χ3v) is 3.94. The Labute approximate surface area is 125 Å². The molecule has 0 radical (unpaired) electrons. The monoisotopic (exact) mass is 295 g/mol. The quantitative estimate of drug-likeness (QED) is 0.581. The summed E-state index contributed by atoms with van der Waals surface area (Å²) in [4.78, 5) is 24.1. The van der Waals surface area contributed by atoms with Crippen LogP contribution in [0.1, 0.15) is 62.5 Å². The van der Waals surface area contributed by atoms with Crippen molar-refractivity contribution in [1.82, 2.24) is 5.32 Å². The van der Waals surface area contributed by atoms with Gasteiger partial charge >= 0.3 is 0 Å². The zero-order chi connectivity index (χ0) is 15.0. The molecule has 0 aliphatic carbocycles. The van der Waals surface area contributed by atoms with Crippen molar-refractivity contribution in [3.63, 3.8) is 0 Å². The predicted octanol–water partition coefficient (Wildman–Crippen LogP) is 4.04. The molecule has 0 aliphatic rings. The summed E-state index contributed by atoms with van der Waals surface area (Å²) in [7, 11) is 0. The number of hydrogen-bond acceptors (Lipinski definition) is 3. The number of hydrogen-bond donors (Lipinski definition) is 1. The van der Waals surface area contributed by atoms with Crippen LogP contribution >= 0.6 is 11.3 Å². The molecule has 1 N–H and O–H groups in total. The van der Waals surface area contributed by atoms with Gasteiger partial charge in [0.15, 0.2) is 5.78 Å². The van der Waals surface area contributed by atoms with E-state index in [2.05, 4.69) is 26.1 Å². The predicted molar refractivity (Wildman–Crippen MR) is 84.2 cm³/mol. The highest BCUT2D eigenvalue weighted by atomic mass is 32.1. The van der Waals surface area contributed by atoms with E-state index in [0.717, 1.165) is 24.3 Å². The van der Waals surface area contributed by atoms with E-state index in [1.54, 1.807) is 0 Å². The number of carbonyl (C=O) groups excluding carboxylic acids is 2. The number of carbonyl (C=O) groups is 2. The van der Waals surface area contributed by atoms with Gasteiger partial charge in [-0.05, 0) is 36.1 Å². The summed E-state index contributed by atoms with van der Waals surface area (Å²) in [6.45, 7) is 7.33. The maximum absolute atomic E-state index is 11.7. The van der Waals surface area contributed by atoms with Crippen molar-refractivity contribution in [2.45, 2.75) is 52.9 Å². The van der Waals surface area contributed by atoms with E-state index < -0.39 is 0 Å². The lowest BCUT2D eigenvalue weighted by molar-refractivity contribution is -0.121. The molecule has 0 fully saturated rings. The van der Waals surface area contributed by atoms with Gasteiger partial charge in [0.25, 0.3) is 0 Å². The molecule has 1 heterocycles. The Hall–Kier alpha value is -1.16. The zero-order valence-corrected chi connectivity index (χ0v) is 13.5. The fourth-order valence-corrected chi connectivity index (χ4v) is 2.60. The van der Waals surface area contributed by atoms with Crippen LogP contribution in [0.3, 0.4) is 0 Å². The number of Topliss-reactive ketones (excluding diaryl/α,β-unsaturated/α-hetero) is 1. The number of nitrogens with one attached hydrogen (secondary N) is 1. The number of thiophene rings is 1. The van der Waals surface area contributed by atoms with Gasteiger partial charge in [-0.15, -0.1) is 11.3 Å². The van der Waals surface area contributed by atoms with Crippen molar-refractivity contribution in [2.24, 2.45) is 5.41 Å². The van der Waals surface area contributed by atoms with Crippen LogP contribution in [0.2, 0.25) is 0 Å². The average Bonchev–Trinajstić information content (AvgIpc) is 2.87. The molecule has 112 valence electrons. The van der Waals surface area contributed by atoms with Gasteiger partial charge in [0, 0.05) is 19.4 Å². The van der Waals surface area contributed by atoms with E-state index in [9.17, 15) is 9.59 Å². The Morgan fingerprint density at radius 3 is 2.55 bits per heavy atom. The lowest BCUT2D eigenvalue weighted by Gasteiger charge is -2.17. The summed E-state index contributed by atoms with van der Waals surface area (Å²) in [5.41, 5.74) is 0.317. The molecule has 1 amide bonds. The van der Waals surface area contributed by atoms with Crippen LogP contribution < -0.4 is 5.32 Å². The molecule has 3 nitrogen and oxygen atoms in total. The largest absolute Gasteiger partial charge is 0.356 e. The first kappa shape index (κ1) is 16.9. The van der Waals surface area contributed by atoms with Crippen molar-refractivity contribution in [3.05, 3.63) is 22.4 Å². The summed E-state index contributed by atoms with van der Waals surface area (Å²) in [6, 6.07) is 3.71.